The molecule has 2 aromatic rings. The highest BCUT2D eigenvalue weighted by atomic mass is 35.5. The first kappa shape index (κ1) is 19.1. The molecular weight excluding hydrogens is 373 g/mol. The Morgan fingerprint density at radius 3 is 2.62 bits per heavy atom. The Morgan fingerprint density at radius 2 is 2.00 bits per heavy atom. The molecule has 0 spiro atoms. The summed E-state index contributed by atoms with van der Waals surface area (Å²) in [6.45, 7) is 4.65. The van der Waals surface area contributed by atoms with E-state index in [1.54, 1.807) is 12.1 Å². The van der Waals surface area contributed by atoms with E-state index in [0.29, 0.717) is 34.4 Å². The van der Waals surface area contributed by atoms with E-state index in [-0.39, 0.29) is 17.0 Å². The van der Waals surface area contributed by atoms with Crippen LogP contribution in [0.1, 0.15) is 20.3 Å². The van der Waals surface area contributed by atoms with Gasteiger partial charge in [-0.05, 0) is 30.0 Å². The van der Waals surface area contributed by atoms with Gasteiger partial charge in [0.15, 0.2) is 0 Å². The van der Waals surface area contributed by atoms with E-state index < -0.39 is 5.56 Å². The zero-order valence-corrected chi connectivity index (χ0v) is 15.6. The van der Waals surface area contributed by atoms with E-state index in [1.807, 2.05) is 13.8 Å². The molecule has 0 aliphatic rings. The second-order valence-corrected chi connectivity index (χ2v) is 7.40. The van der Waals surface area contributed by atoms with Crippen molar-refractivity contribution in [3.8, 4) is 5.69 Å². The lowest BCUT2D eigenvalue weighted by Crippen LogP contribution is -2.27. The standard InChI is InChI=1S/C16H18Cl3N3O2/c1-16(2,5-6-23)9-20-12-8-21-22(15(24)14(12)19)13-4-3-10(17)7-11(13)18/h3-4,7-8,20,23H,5-6,9H2,1-2H3. The predicted octanol–water partition coefficient (Wildman–Crippen LogP) is 4.01. The Morgan fingerprint density at radius 1 is 1.29 bits per heavy atom. The molecule has 0 saturated carbocycles. The van der Waals surface area contributed by atoms with Crippen molar-refractivity contribution in [2.75, 3.05) is 18.5 Å². The summed E-state index contributed by atoms with van der Waals surface area (Å²) < 4.78 is 1.13. The third-order valence-corrected chi connectivity index (χ3v) is 4.51. The van der Waals surface area contributed by atoms with Crippen LogP contribution in [-0.2, 0) is 0 Å². The first-order chi connectivity index (χ1) is 11.2. The number of halogens is 3. The number of aliphatic hydroxyl groups excluding tert-OH is 1. The summed E-state index contributed by atoms with van der Waals surface area (Å²) in [4.78, 5) is 12.5. The van der Waals surface area contributed by atoms with Gasteiger partial charge in [0.05, 0.1) is 22.6 Å². The van der Waals surface area contributed by atoms with Crippen molar-refractivity contribution in [2.24, 2.45) is 5.41 Å². The molecule has 0 amide bonds. The minimum Gasteiger partial charge on any atom is -0.396 e. The number of nitrogens with one attached hydrogen (secondary N) is 1. The maximum Gasteiger partial charge on any atom is 0.292 e. The van der Waals surface area contributed by atoms with E-state index in [1.165, 1.54) is 12.3 Å². The van der Waals surface area contributed by atoms with Crippen LogP contribution in [0.5, 0.6) is 0 Å². The molecule has 0 atom stereocenters. The fourth-order valence-electron chi connectivity index (χ4n) is 2.11. The van der Waals surface area contributed by atoms with Crippen LogP contribution in [0.2, 0.25) is 15.1 Å². The highest BCUT2D eigenvalue weighted by Gasteiger charge is 2.19. The van der Waals surface area contributed by atoms with E-state index in [4.69, 9.17) is 39.9 Å². The SMILES string of the molecule is CC(C)(CCO)CNc1cnn(-c2ccc(Cl)cc2Cl)c(=O)c1Cl. The van der Waals surface area contributed by atoms with Crippen LogP contribution in [0.25, 0.3) is 5.69 Å². The molecule has 5 nitrogen and oxygen atoms in total. The van der Waals surface area contributed by atoms with Crippen molar-refractivity contribution in [1.82, 2.24) is 9.78 Å². The first-order valence-electron chi connectivity index (χ1n) is 7.33. The fraction of sp³-hybridized carbons (Fsp3) is 0.375. The van der Waals surface area contributed by atoms with Crippen molar-refractivity contribution < 1.29 is 5.11 Å². The van der Waals surface area contributed by atoms with Crippen molar-refractivity contribution in [3.05, 3.63) is 49.8 Å². The molecule has 0 aliphatic heterocycles. The minimum absolute atomic E-state index is 0.0239. The molecule has 2 N–H and O–H groups in total. The molecule has 0 unspecified atom stereocenters. The van der Waals surface area contributed by atoms with Crippen molar-refractivity contribution in [2.45, 2.75) is 20.3 Å². The van der Waals surface area contributed by atoms with E-state index in [0.717, 1.165) is 4.68 Å². The number of hydrogen-bond acceptors (Lipinski definition) is 4. The van der Waals surface area contributed by atoms with E-state index >= 15 is 0 Å². The molecular formula is C16H18Cl3N3O2. The maximum atomic E-state index is 12.5. The Kier molecular flexibility index (Phi) is 6.15. The Hall–Kier alpha value is -1.27. The van der Waals surface area contributed by atoms with Gasteiger partial charge in [-0.25, -0.2) is 0 Å². The molecule has 0 aliphatic carbocycles. The second kappa shape index (κ2) is 7.74. The minimum atomic E-state index is -0.481. The summed E-state index contributed by atoms with van der Waals surface area (Å²) in [7, 11) is 0. The molecule has 24 heavy (non-hydrogen) atoms. The van der Waals surface area contributed by atoms with Gasteiger partial charge in [0.25, 0.3) is 5.56 Å². The van der Waals surface area contributed by atoms with Gasteiger partial charge in [0.2, 0.25) is 0 Å². The summed E-state index contributed by atoms with van der Waals surface area (Å²) in [5, 5.41) is 17.1. The van der Waals surface area contributed by atoms with Gasteiger partial charge in [-0.3, -0.25) is 4.79 Å². The number of nitrogens with zero attached hydrogens (tertiary/aromatic N) is 2. The summed E-state index contributed by atoms with van der Waals surface area (Å²) in [5.74, 6) is 0. The molecule has 0 radical (unpaired) electrons. The quantitative estimate of drug-likeness (QED) is 0.782. The summed E-state index contributed by atoms with van der Waals surface area (Å²) >= 11 is 18.2. The molecule has 1 aromatic carbocycles. The molecule has 8 heteroatoms. The number of benzene rings is 1. The Balaban J connectivity index is 2.31. The first-order valence-corrected chi connectivity index (χ1v) is 8.46. The van der Waals surface area contributed by atoms with Crippen LogP contribution < -0.4 is 10.9 Å². The van der Waals surface area contributed by atoms with Crippen LogP contribution in [0, 0.1) is 5.41 Å². The van der Waals surface area contributed by atoms with Crippen LogP contribution >= 0.6 is 34.8 Å². The highest BCUT2D eigenvalue weighted by molar-refractivity contribution is 6.36. The second-order valence-electron chi connectivity index (χ2n) is 6.18. The van der Waals surface area contributed by atoms with Gasteiger partial charge in [-0.1, -0.05) is 48.7 Å². The van der Waals surface area contributed by atoms with Crippen molar-refractivity contribution in [1.29, 1.82) is 0 Å². The van der Waals surface area contributed by atoms with E-state index in [9.17, 15) is 4.79 Å². The van der Waals surface area contributed by atoms with Gasteiger partial charge in [0.1, 0.15) is 5.02 Å². The number of hydrogen-bond donors (Lipinski definition) is 2. The Labute approximate surface area is 155 Å². The monoisotopic (exact) mass is 389 g/mol. The topological polar surface area (TPSA) is 67.2 Å². The number of rotatable bonds is 6. The zero-order chi connectivity index (χ0) is 17.9. The summed E-state index contributed by atoms with van der Waals surface area (Å²) in [6, 6.07) is 4.76. The summed E-state index contributed by atoms with van der Waals surface area (Å²) in [5.41, 5.74) is 0.215. The fourth-order valence-corrected chi connectivity index (χ4v) is 2.79. The highest BCUT2D eigenvalue weighted by Crippen LogP contribution is 2.25. The number of aliphatic hydroxyl groups is 1. The molecule has 1 aromatic heterocycles. The third kappa shape index (κ3) is 4.42. The molecule has 0 fully saturated rings. The zero-order valence-electron chi connectivity index (χ0n) is 13.3. The van der Waals surface area contributed by atoms with Gasteiger partial charge in [-0.15, -0.1) is 0 Å². The molecule has 1 heterocycles. The van der Waals surface area contributed by atoms with Crippen LogP contribution in [0.15, 0.2) is 29.2 Å². The maximum absolute atomic E-state index is 12.5. The molecule has 130 valence electrons. The predicted molar refractivity (Wildman–Crippen MR) is 98.8 cm³/mol. The molecule has 0 bridgehead atoms. The van der Waals surface area contributed by atoms with Crippen molar-refractivity contribution in [3.63, 3.8) is 0 Å². The average Bonchev–Trinajstić information content (AvgIpc) is 2.50. The normalized spacial score (nSPS) is 11.6. The lowest BCUT2D eigenvalue weighted by Gasteiger charge is -2.24. The third-order valence-electron chi connectivity index (χ3n) is 3.60. The van der Waals surface area contributed by atoms with Gasteiger partial charge in [-0.2, -0.15) is 9.78 Å². The van der Waals surface area contributed by atoms with Crippen molar-refractivity contribution >= 4 is 40.5 Å². The molecule has 0 saturated heterocycles. The largest absolute Gasteiger partial charge is 0.396 e. The lowest BCUT2D eigenvalue weighted by atomic mass is 9.90. The van der Waals surface area contributed by atoms with Crippen LogP contribution in [0.3, 0.4) is 0 Å². The smallest absolute Gasteiger partial charge is 0.292 e. The van der Waals surface area contributed by atoms with Crippen LogP contribution in [0.4, 0.5) is 5.69 Å². The van der Waals surface area contributed by atoms with E-state index in [2.05, 4.69) is 10.4 Å². The van der Waals surface area contributed by atoms with Gasteiger partial charge < -0.3 is 10.4 Å². The molecule has 2 rings (SSSR count). The number of anilines is 1. The van der Waals surface area contributed by atoms with Gasteiger partial charge in [0, 0.05) is 18.2 Å². The number of aromatic nitrogens is 2. The average molecular weight is 391 g/mol. The lowest BCUT2D eigenvalue weighted by molar-refractivity contribution is 0.220. The Bertz CT molecular complexity index is 791. The van der Waals surface area contributed by atoms with Gasteiger partial charge >= 0.3 is 0 Å². The summed E-state index contributed by atoms with van der Waals surface area (Å²) in [6.07, 6.45) is 2.10. The van der Waals surface area contributed by atoms with Crippen LogP contribution in [-0.4, -0.2) is 28.0 Å².